The van der Waals surface area contributed by atoms with E-state index in [9.17, 15) is 8.42 Å². The van der Waals surface area contributed by atoms with Gasteiger partial charge in [-0.25, -0.2) is 18.4 Å². The number of aromatic nitrogens is 2. The van der Waals surface area contributed by atoms with Gasteiger partial charge < -0.3 is 0 Å². The Kier molecular flexibility index (Phi) is 4.10. The molecular weight excluding hydrogens is 288 g/mol. The lowest BCUT2D eigenvalue weighted by molar-refractivity contribution is 0.105. The van der Waals surface area contributed by atoms with Crippen LogP contribution in [-0.2, 0) is 10.0 Å². The maximum Gasteiger partial charge on any atom is 0.246 e. The first-order valence-corrected chi connectivity index (χ1v) is 7.84. The Morgan fingerprint density at radius 3 is 2.16 bits per heavy atom. The Morgan fingerprint density at radius 2 is 1.68 bits per heavy atom. The van der Waals surface area contributed by atoms with Gasteiger partial charge in [0.15, 0.2) is 0 Å². The van der Waals surface area contributed by atoms with E-state index in [0.29, 0.717) is 13.1 Å². The molecule has 1 aliphatic rings. The monoisotopic (exact) mass is 304 g/mol. The van der Waals surface area contributed by atoms with Crippen molar-refractivity contribution >= 4 is 21.6 Å². The van der Waals surface area contributed by atoms with Crippen LogP contribution in [0.5, 0.6) is 0 Å². The van der Waals surface area contributed by atoms with Crippen LogP contribution in [0.1, 0.15) is 13.8 Å². The zero-order chi connectivity index (χ0) is 14.2. The van der Waals surface area contributed by atoms with Crippen molar-refractivity contribution in [2.24, 2.45) is 0 Å². The number of halogens is 1. The summed E-state index contributed by atoms with van der Waals surface area (Å²) in [4.78, 5) is 9.72. The fourth-order valence-corrected chi connectivity index (χ4v) is 3.73. The molecular formula is C11H17ClN4O2S. The van der Waals surface area contributed by atoms with Gasteiger partial charge in [-0.3, -0.25) is 4.90 Å². The van der Waals surface area contributed by atoms with Crippen molar-refractivity contribution in [3.63, 3.8) is 0 Å². The summed E-state index contributed by atoms with van der Waals surface area (Å²) in [7, 11) is -1.54. The van der Waals surface area contributed by atoms with Crippen LogP contribution in [0.2, 0.25) is 5.28 Å². The molecule has 8 heteroatoms. The molecule has 1 fully saturated rings. The highest BCUT2D eigenvalue weighted by Crippen LogP contribution is 2.21. The van der Waals surface area contributed by atoms with Crippen molar-refractivity contribution in [3.05, 3.63) is 17.7 Å². The van der Waals surface area contributed by atoms with Gasteiger partial charge in [0.2, 0.25) is 15.3 Å². The first kappa shape index (κ1) is 14.6. The second kappa shape index (κ2) is 5.32. The summed E-state index contributed by atoms with van der Waals surface area (Å²) in [5.41, 5.74) is 0. The predicted octanol–water partition coefficient (Wildman–Crippen LogP) is 0.843. The molecule has 0 amide bonds. The molecule has 2 rings (SSSR count). The van der Waals surface area contributed by atoms with Gasteiger partial charge >= 0.3 is 0 Å². The number of hydrogen-bond donors (Lipinski definition) is 0. The molecule has 106 valence electrons. The molecule has 0 aliphatic carbocycles. The normalized spacial score (nSPS) is 26.5. The van der Waals surface area contributed by atoms with Crippen molar-refractivity contribution in [1.29, 1.82) is 0 Å². The van der Waals surface area contributed by atoms with Crippen LogP contribution in [0, 0.1) is 0 Å². The van der Waals surface area contributed by atoms with E-state index in [1.165, 1.54) is 16.7 Å². The first-order chi connectivity index (χ1) is 8.82. The third kappa shape index (κ3) is 2.89. The quantitative estimate of drug-likeness (QED) is 0.758. The lowest BCUT2D eigenvalue weighted by Crippen LogP contribution is -2.56. The smallest absolute Gasteiger partial charge is 0.246 e. The molecule has 0 bridgehead atoms. The topological polar surface area (TPSA) is 66.4 Å². The number of piperazine rings is 1. The molecule has 2 atom stereocenters. The van der Waals surface area contributed by atoms with Crippen molar-refractivity contribution in [2.45, 2.75) is 30.8 Å². The summed E-state index contributed by atoms with van der Waals surface area (Å²) in [6.45, 7) is 4.95. The highest BCUT2D eigenvalue weighted by Gasteiger charge is 2.34. The summed E-state index contributed by atoms with van der Waals surface area (Å²) in [5, 5.41) is 0.0408. The molecule has 0 N–H and O–H groups in total. The summed E-state index contributed by atoms with van der Waals surface area (Å²) in [6.07, 6.45) is 2.50. The fraction of sp³-hybridized carbons (Fsp3) is 0.636. The van der Waals surface area contributed by atoms with E-state index in [1.807, 2.05) is 20.9 Å². The van der Waals surface area contributed by atoms with Crippen LogP contribution >= 0.6 is 11.6 Å². The van der Waals surface area contributed by atoms with Crippen LogP contribution in [0.3, 0.4) is 0 Å². The van der Waals surface area contributed by atoms with Crippen LogP contribution in [-0.4, -0.2) is 59.8 Å². The predicted molar refractivity (Wildman–Crippen MR) is 72.5 cm³/mol. The van der Waals surface area contributed by atoms with Gasteiger partial charge in [-0.1, -0.05) is 0 Å². The lowest BCUT2D eigenvalue weighted by atomic mass is 10.1. The van der Waals surface area contributed by atoms with Crippen LogP contribution in [0.4, 0.5) is 0 Å². The second-order valence-electron chi connectivity index (χ2n) is 4.87. The minimum atomic E-state index is -3.55. The SMILES string of the molecule is CC1CN(S(=O)(=O)c2cnc(Cl)nc2)CC(C)N1C. The molecule has 2 unspecified atom stereocenters. The Balaban J connectivity index is 2.27. The number of rotatable bonds is 2. The summed E-state index contributed by atoms with van der Waals surface area (Å²) in [5.74, 6) is 0. The second-order valence-corrected chi connectivity index (χ2v) is 7.15. The average molecular weight is 305 g/mol. The lowest BCUT2D eigenvalue weighted by Gasteiger charge is -2.41. The zero-order valence-corrected chi connectivity index (χ0v) is 12.7. The average Bonchev–Trinajstić information content (AvgIpc) is 2.35. The van der Waals surface area contributed by atoms with Gasteiger partial charge in [-0.15, -0.1) is 0 Å². The minimum Gasteiger partial charge on any atom is -0.298 e. The molecule has 0 saturated carbocycles. The zero-order valence-electron chi connectivity index (χ0n) is 11.1. The molecule has 0 aromatic carbocycles. The molecule has 0 spiro atoms. The van der Waals surface area contributed by atoms with Gasteiger partial charge in [-0.2, -0.15) is 4.31 Å². The highest BCUT2D eigenvalue weighted by molar-refractivity contribution is 7.89. The molecule has 1 saturated heterocycles. The van der Waals surface area contributed by atoms with Gasteiger partial charge in [0.05, 0.1) is 12.4 Å². The van der Waals surface area contributed by atoms with E-state index in [4.69, 9.17) is 11.6 Å². The van der Waals surface area contributed by atoms with E-state index in [0.717, 1.165) is 0 Å². The first-order valence-electron chi connectivity index (χ1n) is 6.02. The molecule has 1 aliphatic heterocycles. The maximum atomic E-state index is 12.5. The van der Waals surface area contributed by atoms with Crippen LogP contribution < -0.4 is 0 Å². The highest BCUT2D eigenvalue weighted by atomic mass is 35.5. The standard InChI is InChI=1S/C11H17ClN4O2S/c1-8-6-16(7-9(2)15(8)3)19(17,18)10-4-13-11(12)14-5-10/h4-5,8-9H,6-7H2,1-3H3. The van der Waals surface area contributed by atoms with Crippen molar-refractivity contribution in [2.75, 3.05) is 20.1 Å². The van der Waals surface area contributed by atoms with Crippen LogP contribution in [0.15, 0.2) is 17.3 Å². The van der Waals surface area contributed by atoms with Crippen molar-refractivity contribution < 1.29 is 8.42 Å². The summed E-state index contributed by atoms with van der Waals surface area (Å²) >= 11 is 5.58. The van der Waals surface area contributed by atoms with Crippen molar-refractivity contribution in [1.82, 2.24) is 19.2 Å². The third-order valence-corrected chi connectivity index (χ3v) is 5.54. The molecule has 1 aromatic rings. The number of sulfonamides is 1. The Bertz CT molecular complexity index is 536. The molecule has 6 nitrogen and oxygen atoms in total. The van der Waals surface area contributed by atoms with Gasteiger partial charge in [-0.05, 0) is 32.5 Å². The van der Waals surface area contributed by atoms with E-state index >= 15 is 0 Å². The molecule has 1 aromatic heterocycles. The fourth-order valence-electron chi connectivity index (χ4n) is 2.13. The van der Waals surface area contributed by atoms with E-state index in [-0.39, 0.29) is 22.3 Å². The summed E-state index contributed by atoms with van der Waals surface area (Å²) in [6, 6.07) is 0.346. The van der Waals surface area contributed by atoms with E-state index < -0.39 is 10.0 Å². The van der Waals surface area contributed by atoms with Gasteiger partial charge in [0, 0.05) is 25.2 Å². The summed E-state index contributed by atoms with van der Waals surface area (Å²) < 4.78 is 26.4. The Morgan fingerprint density at radius 1 is 1.21 bits per heavy atom. The van der Waals surface area contributed by atoms with E-state index in [1.54, 1.807) is 0 Å². The largest absolute Gasteiger partial charge is 0.298 e. The van der Waals surface area contributed by atoms with E-state index in [2.05, 4.69) is 14.9 Å². The third-order valence-electron chi connectivity index (χ3n) is 3.56. The molecule has 19 heavy (non-hydrogen) atoms. The molecule has 2 heterocycles. The minimum absolute atomic E-state index is 0.0408. The van der Waals surface area contributed by atoms with Crippen LogP contribution in [0.25, 0.3) is 0 Å². The Hall–Kier alpha value is -0.760. The molecule has 0 radical (unpaired) electrons. The van der Waals surface area contributed by atoms with Crippen molar-refractivity contribution in [3.8, 4) is 0 Å². The van der Waals surface area contributed by atoms with Gasteiger partial charge in [0.25, 0.3) is 0 Å². The number of hydrogen-bond acceptors (Lipinski definition) is 5. The van der Waals surface area contributed by atoms with Gasteiger partial charge in [0.1, 0.15) is 4.90 Å². The number of nitrogens with zero attached hydrogens (tertiary/aromatic N) is 4. The Labute approximate surface area is 118 Å². The maximum absolute atomic E-state index is 12.5. The number of likely N-dealkylation sites (N-methyl/N-ethyl adjacent to an activating group) is 1.